The maximum atomic E-state index is 13.4. The van der Waals surface area contributed by atoms with Crippen LogP contribution in [-0.4, -0.2) is 39.9 Å². The second kappa shape index (κ2) is 6.94. The average Bonchev–Trinajstić information content (AvgIpc) is 2.31. The van der Waals surface area contributed by atoms with E-state index in [1.807, 2.05) is 0 Å². The fraction of sp³-hybridized carbons (Fsp3) is 0.273. The largest absolute Gasteiger partial charge is 0.478 e. The predicted octanol–water partition coefficient (Wildman–Crippen LogP) is 1.16. The lowest BCUT2D eigenvalue weighted by atomic mass is 10.2. The summed E-state index contributed by atoms with van der Waals surface area (Å²) in [6.07, 6.45) is 1.46. The molecular formula is C11H12F2N2O4S. The van der Waals surface area contributed by atoms with E-state index in [0.717, 1.165) is 0 Å². The molecule has 110 valence electrons. The van der Waals surface area contributed by atoms with Crippen molar-refractivity contribution in [3.05, 3.63) is 29.3 Å². The molecule has 0 aliphatic heterocycles. The second-order valence-corrected chi connectivity index (χ2v) is 5.33. The number of urea groups is 1. The third-order valence-electron chi connectivity index (χ3n) is 2.21. The molecule has 0 aliphatic carbocycles. The molecule has 2 amide bonds. The summed E-state index contributed by atoms with van der Waals surface area (Å²) in [7, 11) is -1.09. The minimum Gasteiger partial charge on any atom is -0.478 e. The Kier molecular flexibility index (Phi) is 5.56. The Morgan fingerprint density at radius 3 is 2.50 bits per heavy atom. The van der Waals surface area contributed by atoms with Gasteiger partial charge >= 0.3 is 12.0 Å². The quantitative estimate of drug-likeness (QED) is 0.761. The van der Waals surface area contributed by atoms with E-state index in [-0.39, 0.29) is 12.3 Å². The molecule has 6 nitrogen and oxygen atoms in total. The molecule has 0 aliphatic rings. The van der Waals surface area contributed by atoms with E-state index in [0.29, 0.717) is 12.1 Å². The highest BCUT2D eigenvalue weighted by Gasteiger charge is 2.16. The molecule has 20 heavy (non-hydrogen) atoms. The molecule has 1 aromatic carbocycles. The van der Waals surface area contributed by atoms with Gasteiger partial charge < -0.3 is 15.7 Å². The van der Waals surface area contributed by atoms with Gasteiger partial charge in [-0.05, 0) is 6.07 Å². The molecular weight excluding hydrogens is 294 g/mol. The molecule has 1 atom stereocenters. The topological polar surface area (TPSA) is 95.5 Å². The number of halogens is 2. The lowest BCUT2D eigenvalue weighted by Crippen LogP contribution is -2.32. The number of carboxylic acids is 1. The molecule has 0 radical (unpaired) electrons. The van der Waals surface area contributed by atoms with Gasteiger partial charge in [0, 0.05) is 35.4 Å². The van der Waals surface area contributed by atoms with Crippen molar-refractivity contribution < 1.29 is 27.7 Å². The number of rotatable bonds is 5. The van der Waals surface area contributed by atoms with E-state index < -0.39 is 45.7 Å². The van der Waals surface area contributed by atoms with E-state index in [2.05, 4.69) is 10.6 Å². The Morgan fingerprint density at radius 2 is 1.95 bits per heavy atom. The summed E-state index contributed by atoms with van der Waals surface area (Å²) in [5.41, 5.74) is -1.21. The van der Waals surface area contributed by atoms with Gasteiger partial charge in [-0.1, -0.05) is 0 Å². The fourth-order valence-electron chi connectivity index (χ4n) is 1.28. The number of carbonyl (C=O) groups excluding carboxylic acids is 1. The highest BCUT2D eigenvalue weighted by molar-refractivity contribution is 7.84. The Balaban J connectivity index is 2.76. The molecule has 0 saturated heterocycles. The van der Waals surface area contributed by atoms with Crippen LogP contribution in [0.5, 0.6) is 0 Å². The first kappa shape index (κ1) is 16.0. The Morgan fingerprint density at radius 1 is 1.30 bits per heavy atom. The summed E-state index contributed by atoms with van der Waals surface area (Å²) in [5, 5.41) is 13.0. The number of hydrogen-bond donors (Lipinski definition) is 3. The van der Waals surface area contributed by atoms with Gasteiger partial charge in [-0.3, -0.25) is 4.21 Å². The van der Waals surface area contributed by atoms with E-state index in [9.17, 15) is 22.6 Å². The molecule has 0 bridgehead atoms. The SMILES string of the molecule is CS(=O)CCNC(=O)Nc1cc(C(=O)O)c(F)cc1F. The highest BCUT2D eigenvalue weighted by atomic mass is 32.2. The van der Waals surface area contributed by atoms with Crippen LogP contribution in [0.15, 0.2) is 12.1 Å². The number of carboxylic acid groups (broad SMARTS) is 1. The van der Waals surface area contributed by atoms with Crippen molar-refractivity contribution in [2.24, 2.45) is 0 Å². The van der Waals surface area contributed by atoms with Crippen molar-refractivity contribution in [1.29, 1.82) is 0 Å². The molecule has 9 heteroatoms. The van der Waals surface area contributed by atoms with Gasteiger partial charge in [-0.2, -0.15) is 0 Å². The Labute approximate surface area is 115 Å². The zero-order valence-corrected chi connectivity index (χ0v) is 11.2. The number of anilines is 1. The van der Waals surface area contributed by atoms with Crippen molar-refractivity contribution in [3.63, 3.8) is 0 Å². The third kappa shape index (κ3) is 4.57. The van der Waals surface area contributed by atoms with Crippen molar-refractivity contribution in [1.82, 2.24) is 5.32 Å². The predicted molar refractivity (Wildman–Crippen MR) is 69.3 cm³/mol. The van der Waals surface area contributed by atoms with Gasteiger partial charge in [-0.25, -0.2) is 18.4 Å². The Hall–Kier alpha value is -2.03. The van der Waals surface area contributed by atoms with Crippen LogP contribution in [0.2, 0.25) is 0 Å². The van der Waals surface area contributed by atoms with Crippen LogP contribution in [0.25, 0.3) is 0 Å². The minimum atomic E-state index is -1.58. The first-order chi connectivity index (χ1) is 9.31. The maximum absolute atomic E-state index is 13.4. The fourth-order valence-corrected chi connectivity index (χ4v) is 1.67. The van der Waals surface area contributed by atoms with E-state index in [4.69, 9.17) is 5.11 Å². The monoisotopic (exact) mass is 306 g/mol. The molecule has 0 heterocycles. The third-order valence-corrected chi connectivity index (χ3v) is 2.99. The zero-order chi connectivity index (χ0) is 15.3. The first-order valence-electron chi connectivity index (χ1n) is 5.38. The number of aromatic carboxylic acids is 1. The van der Waals surface area contributed by atoms with Crippen LogP contribution in [0, 0.1) is 11.6 Å². The summed E-state index contributed by atoms with van der Waals surface area (Å²) >= 11 is 0. The van der Waals surface area contributed by atoms with E-state index in [1.165, 1.54) is 6.26 Å². The lowest BCUT2D eigenvalue weighted by Gasteiger charge is -2.09. The number of carbonyl (C=O) groups is 2. The van der Waals surface area contributed by atoms with Crippen LogP contribution in [-0.2, 0) is 10.8 Å². The van der Waals surface area contributed by atoms with Crippen LogP contribution < -0.4 is 10.6 Å². The van der Waals surface area contributed by atoms with Crippen molar-refractivity contribution >= 4 is 28.5 Å². The molecule has 0 aromatic heterocycles. The van der Waals surface area contributed by atoms with Gasteiger partial charge in [0.05, 0.1) is 11.3 Å². The molecule has 1 rings (SSSR count). The summed E-state index contributed by atoms with van der Waals surface area (Å²) < 4.78 is 37.3. The second-order valence-electron chi connectivity index (χ2n) is 3.78. The minimum absolute atomic E-state index is 0.101. The molecule has 3 N–H and O–H groups in total. The van der Waals surface area contributed by atoms with Crippen LogP contribution in [0.1, 0.15) is 10.4 Å². The number of hydrogen-bond acceptors (Lipinski definition) is 3. The smallest absolute Gasteiger partial charge is 0.338 e. The van der Waals surface area contributed by atoms with Crippen LogP contribution >= 0.6 is 0 Å². The number of amides is 2. The number of nitrogens with one attached hydrogen (secondary N) is 2. The van der Waals surface area contributed by atoms with Crippen molar-refractivity contribution in [2.45, 2.75) is 0 Å². The maximum Gasteiger partial charge on any atom is 0.338 e. The summed E-state index contributed by atoms with van der Waals surface area (Å²) in [5.74, 6) is -3.68. The number of benzene rings is 1. The van der Waals surface area contributed by atoms with E-state index in [1.54, 1.807) is 0 Å². The van der Waals surface area contributed by atoms with Crippen LogP contribution in [0.3, 0.4) is 0 Å². The van der Waals surface area contributed by atoms with Crippen molar-refractivity contribution in [3.8, 4) is 0 Å². The Bertz CT molecular complexity index is 566. The average molecular weight is 306 g/mol. The van der Waals surface area contributed by atoms with Gasteiger partial charge in [0.15, 0.2) is 0 Å². The lowest BCUT2D eigenvalue weighted by molar-refractivity contribution is 0.0692. The molecule has 1 aromatic rings. The zero-order valence-electron chi connectivity index (χ0n) is 10.4. The van der Waals surface area contributed by atoms with E-state index >= 15 is 0 Å². The summed E-state index contributed by atoms with van der Waals surface area (Å²) in [6, 6.07) is 0.252. The van der Waals surface area contributed by atoms with Gasteiger partial charge in [0.1, 0.15) is 11.6 Å². The molecule has 0 fully saturated rings. The van der Waals surface area contributed by atoms with Gasteiger partial charge in [0.25, 0.3) is 0 Å². The first-order valence-corrected chi connectivity index (χ1v) is 7.11. The summed E-state index contributed by atoms with van der Waals surface area (Å²) in [6.45, 7) is 0.101. The van der Waals surface area contributed by atoms with Gasteiger partial charge in [0.2, 0.25) is 0 Å². The molecule has 0 saturated carbocycles. The molecule has 1 unspecified atom stereocenters. The van der Waals surface area contributed by atoms with Crippen molar-refractivity contribution in [2.75, 3.05) is 23.9 Å². The van der Waals surface area contributed by atoms with Gasteiger partial charge in [-0.15, -0.1) is 0 Å². The van der Waals surface area contributed by atoms with Crippen LogP contribution in [0.4, 0.5) is 19.3 Å². The summed E-state index contributed by atoms with van der Waals surface area (Å²) in [4.78, 5) is 22.1. The molecule has 0 spiro atoms. The highest BCUT2D eigenvalue weighted by Crippen LogP contribution is 2.19. The normalized spacial score (nSPS) is 11.8. The standard InChI is InChI=1S/C11H12F2N2O4S/c1-20(19)3-2-14-11(18)15-9-4-6(10(16)17)7(12)5-8(9)13/h4-5H,2-3H2,1H3,(H,16,17)(H2,14,15,18).